The number of likely N-dealkylation sites (N-methyl/N-ethyl adjacent to an activating group) is 1. The van der Waals surface area contributed by atoms with E-state index >= 15 is 0 Å². The molecule has 1 N–H and O–H groups in total. The molecule has 0 aromatic carbocycles. The topological polar surface area (TPSA) is 101 Å². The van der Waals surface area contributed by atoms with Crippen LogP contribution in [0, 0.1) is 0 Å². The second kappa shape index (κ2) is 7.75. The van der Waals surface area contributed by atoms with Crippen LogP contribution < -0.4 is 11.2 Å². The third kappa shape index (κ3) is 4.80. The number of nitrogens with one attached hydrogen (secondary N) is 1. The molecular formula is C15H21N3O5. The maximum Gasteiger partial charge on any atom is 0.328 e. The normalized spacial score (nSPS) is 15.2. The first-order valence-corrected chi connectivity index (χ1v) is 7.68. The lowest BCUT2D eigenvalue weighted by Gasteiger charge is -2.31. The summed E-state index contributed by atoms with van der Waals surface area (Å²) in [4.78, 5) is 49.8. The number of hydrogen-bond donors (Lipinski definition) is 1. The minimum atomic E-state index is -0.704. The van der Waals surface area contributed by atoms with Crippen LogP contribution in [0.25, 0.3) is 0 Å². The van der Waals surface area contributed by atoms with Crippen molar-refractivity contribution in [2.75, 3.05) is 13.7 Å². The van der Waals surface area contributed by atoms with Gasteiger partial charge in [-0.2, -0.15) is 0 Å². The van der Waals surface area contributed by atoms with Crippen LogP contribution in [0.3, 0.4) is 0 Å². The highest BCUT2D eigenvalue weighted by atomic mass is 16.5. The Morgan fingerprint density at radius 2 is 2.00 bits per heavy atom. The largest absolute Gasteiger partial charge is 0.454 e. The third-order valence-electron chi connectivity index (χ3n) is 4.07. The van der Waals surface area contributed by atoms with Gasteiger partial charge in [0, 0.05) is 25.4 Å². The van der Waals surface area contributed by atoms with Gasteiger partial charge >= 0.3 is 11.7 Å². The van der Waals surface area contributed by atoms with Crippen LogP contribution in [0.5, 0.6) is 0 Å². The molecule has 0 atom stereocenters. The number of aromatic amines is 1. The summed E-state index contributed by atoms with van der Waals surface area (Å²) in [5.74, 6) is -0.955. The Balaban J connectivity index is 1.82. The van der Waals surface area contributed by atoms with E-state index in [4.69, 9.17) is 4.74 Å². The number of carbonyl (C=O) groups excluding carboxylic acids is 2. The Bertz CT molecular complexity index is 672. The summed E-state index contributed by atoms with van der Waals surface area (Å²) in [6.45, 7) is -0.694. The molecule has 23 heavy (non-hydrogen) atoms. The van der Waals surface area contributed by atoms with E-state index in [9.17, 15) is 19.2 Å². The Morgan fingerprint density at radius 3 is 2.65 bits per heavy atom. The summed E-state index contributed by atoms with van der Waals surface area (Å²) in [7, 11) is 1.72. The fourth-order valence-corrected chi connectivity index (χ4v) is 2.67. The van der Waals surface area contributed by atoms with Gasteiger partial charge in [0.2, 0.25) is 0 Å². The van der Waals surface area contributed by atoms with E-state index in [0.717, 1.165) is 36.3 Å². The van der Waals surface area contributed by atoms with E-state index < -0.39 is 17.2 Å². The van der Waals surface area contributed by atoms with Gasteiger partial charge in [-0.05, 0) is 12.8 Å². The number of esters is 1. The number of ether oxygens (including phenoxy) is 1. The summed E-state index contributed by atoms with van der Waals surface area (Å²) in [5.41, 5.74) is -1.23. The number of rotatable bonds is 5. The van der Waals surface area contributed by atoms with Gasteiger partial charge in [0.05, 0.1) is 0 Å². The monoisotopic (exact) mass is 323 g/mol. The van der Waals surface area contributed by atoms with E-state index in [1.165, 1.54) is 12.6 Å². The molecule has 8 heteroatoms. The van der Waals surface area contributed by atoms with Crippen molar-refractivity contribution >= 4 is 11.9 Å². The van der Waals surface area contributed by atoms with Crippen molar-refractivity contribution in [3.8, 4) is 0 Å². The van der Waals surface area contributed by atoms with Gasteiger partial charge in [-0.15, -0.1) is 0 Å². The molecule has 1 saturated carbocycles. The van der Waals surface area contributed by atoms with Crippen LogP contribution in [0.1, 0.15) is 32.1 Å². The van der Waals surface area contributed by atoms with Crippen LogP contribution in [0.15, 0.2) is 21.9 Å². The molecule has 0 radical (unpaired) electrons. The predicted octanol–water partition coefficient (Wildman–Crippen LogP) is -0.129. The molecule has 0 aliphatic heterocycles. The third-order valence-corrected chi connectivity index (χ3v) is 4.07. The van der Waals surface area contributed by atoms with Gasteiger partial charge in [0.25, 0.3) is 11.5 Å². The average molecular weight is 323 g/mol. The highest BCUT2D eigenvalue weighted by molar-refractivity contribution is 5.80. The van der Waals surface area contributed by atoms with Crippen molar-refractivity contribution in [3.05, 3.63) is 33.1 Å². The van der Waals surface area contributed by atoms with Gasteiger partial charge < -0.3 is 9.64 Å². The van der Waals surface area contributed by atoms with E-state index in [0.29, 0.717) is 0 Å². The predicted molar refractivity (Wildman–Crippen MR) is 81.9 cm³/mol. The van der Waals surface area contributed by atoms with Crippen LogP contribution in [-0.4, -0.2) is 46.0 Å². The molecule has 1 heterocycles. The lowest BCUT2D eigenvalue weighted by atomic mass is 9.94. The molecule has 1 aliphatic carbocycles. The van der Waals surface area contributed by atoms with Gasteiger partial charge in [-0.1, -0.05) is 19.3 Å². The van der Waals surface area contributed by atoms with E-state index in [1.54, 1.807) is 11.9 Å². The van der Waals surface area contributed by atoms with Crippen molar-refractivity contribution in [3.63, 3.8) is 0 Å². The van der Waals surface area contributed by atoms with Crippen molar-refractivity contribution in [1.82, 2.24) is 14.5 Å². The quantitative estimate of drug-likeness (QED) is 0.761. The maximum absolute atomic E-state index is 12.0. The highest BCUT2D eigenvalue weighted by Gasteiger charge is 2.22. The molecule has 126 valence electrons. The summed E-state index contributed by atoms with van der Waals surface area (Å²) in [6.07, 6.45) is 6.57. The first kappa shape index (κ1) is 17.0. The zero-order chi connectivity index (χ0) is 16.8. The van der Waals surface area contributed by atoms with E-state index in [2.05, 4.69) is 0 Å². The molecule has 1 aromatic heterocycles. The zero-order valence-electron chi connectivity index (χ0n) is 13.1. The summed E-state index contributed by atoms with van der Waals surface area (Å²) < 4.78 is 5.94. The van der Waals surface area contributed by atoms with Gasteiger partial charge in [-0.3, -0.25) is 23.9 Å². The molecule has 2 rings (SSSR count). The Hall–Kier alpha value is -2.38. The molecule has 0 bridgehead atoms. The minimum absolute atomic E-state index is 0.205. The van der Waals surface area contributed by atoms with Crippen molar-refractivity contribution < 1.29 is 14.3 Å². The van der Waals surface area contributed by atoms with Crippen LogP contribution in [0.4, 0.5) is 0 Å². The lowest BCUT2D eigenvalue weighted by molar-refractivity contribution is -0.153. The number of aromatic nitrogens is 2. The first-order valence-electron chi connectivity index (χ1n) is 7.68. The maximum atomic E-state index is 12.0. The molecular weight excluding hydrogens is 302 g/mol. The number of hydrogen-bond acceptors (Lipinski definition) is 5. The number of carbonyl (C=O) groups is 2. The summed E-state index contributed by atoms with van der Waals surface area (Å²) in [5, 5.41) is 0. The number of amides is 1. The number of nitrogens with zero attached hydrogens (tertiary/aromatic N) is 2. The highest BCUT2D eigenvalue weighted by Crippen LogP contribution is 2.21. The van der Waals surface area contributed by atoms with Gasteiger partial charge in [0.15, 0.2) is 6.61 Å². The Morgan fingerprint density at radius 1 is 1.30 bits per heavy atom. The van der Waals surface area contributed by atoms with Crippen LogP contribution >= 0.6 is 0 Å². The minimum Gasteiger partial charge on any atom is -0.454 e. The number of H-pyrrole nitrogens is 1. The van der Waals surface area contributed by atoms with Crippen LogP contribution in [-0.2, 0) is 20.9 Å². The molecule has 1 amide bonds. The summed E-state index contributed by atoms with van der Waals surface area (Å²) in [6, 6.07) is 1.34. The molecule has 0 unspecified atom stereocenters. The molecule has 1 aliphatic rings. The van der Waals surface area contributed by atoms with Crippen LogP contribution in [0.2, 0.25) is 0 Å². The van der Waals surface area contributed by atoms with Crippen molar-refractivity contribution in [1.29, 1.82) is 0 Å². The van der Waals surface area contributed by atoms with E-state index in [1.807, 2.05) is 4.98 Å². The van der Waals surface area contributed by atoms with Gasteiger partial charge in [0.1, 0.15) is 6.54 Å². The molecule has 1 aromatic rings. The molecule has 8 nitrogen and oxygen atoms in total. The average Bonchev–Trinajstić information content (AvgIpc) is 2.55. The van der Waals surface area contributed by atoms with Crippen molar-refractivity contribution in [2.24, 2.45) is 0 Å². The standard InChI is InChI=1S/C15H21N3O5/c1-17(11-5-3-2-4-6-11)13(20)10-23-14(21)9-18-8-7-12(19)16-15(18)22/h7-8,11H,2-6,9-10H2,1H3,(H,16,19,22). The second-order valence-corrected chi connectivity index (χ2v) is 5.70. The Labute approximate surface area is 133 Å². The van der Waals surface area contributed by atoms with Crippen molar-refractivity contribution in [2.45, 2.75) is 44.7 Å². The molecule has 0 saturated heterocycles. The van der Waals surface area contributed by atoms with E-state index in [-0.39, 0.29) is 25.1 Å². The fraction of sp³-hybridized carbons (Fsp3) is 0.600. The molecule has 1 fully saturated rings. The molecule has 0 spiro atoms. The Kier molecular flexibility index (Phi) is 5.72. The first-order chi connectivity index (χ1) is 11.0. The second-order valence-electron chi connectivity index (χ2n) is 5.70. The SMILES string of the molecule is CN(C(=O)COC(=O)Cn1ccc(=O)[nH]c1=O)C1CCCCC1. The lowest BCUT2D eigenvalue weighted by Crippen LogP contribution is -2.41. The fourth-order valence-electron chi connectivity index (χ4n) is 2.67. The van der Waals surface area contributed by atoms with Gasteiger partial charge in [-0.25, -0.2) is 4.79 Å². The summed E-state index contributed by atoms with van der Waals surface area (Å²) >= 11 is 0. The smallest absolute Gasteiger partial charge is 0.328 e. The zero-order valence-corrected chi connectivity index (χ0v) is 13.1.